The number of amides is 1. The van der Waals surface area contributed by atoms with Crippen molar-refractivity contribution in [2.45, 2.75) is 32.7 Å². The van der Waals surface area contributed by atoms with E-state index in [1.165, 1.54) is 12.1 Å². The van der Waals surface area contributed by atoms with E-state index in [1.54, 1.807) is 26.0 Å². The number of ether oxygens (including phenoxy) is 1. The molecule has 0 fully saturated rings. The molecule has 1 rings (SSSR count). The number of hydrogen-bond donors (Lipinski definition) is 2. The van der Waals surface area contributed by atoms with Crippen molar-refractivity contribution >= 4 is 11.9 Å². The predicted octanol–water partition coefficient (Wildman–Crippen LogP) is 2.21. The van der Waals surface area contributed by atoms with E-state index in [-0.39, 0.29) is 30.6 Å². The number of hydrogen-bond acceptors (Lipinski definition) is 3. The molecular weight excluding hydrogens is 277 g/mol. The first kappa shape index (κ1) is 16.9. The Morgan fingerprint density at radius 2 is 2.00 bits per heavy atom. The van der Waals surface area contributed by atoms with Crippen LogP contribution in [0.3, 0.4) is 0 Å². The van der Waals surface area contributed by atoms with Crippen LogP contribution in [0.4, 0.5) is 4.39 Å². The van der Waals surface area contributed by atoms with Gasteiger partial charge in [0.15, 0.2) is 11.6 Å². The van der Waals surface area contributed by atoms with Crippen LogP contribution in [0, 0.1) is 11.7 Å². The molecule has 1 amide bonds. The van der Waals surface area contributed by atoms with Crippen molar-refractivity contribution in [3.8, 4) is 5.75 Å². The van der Waals surface area contributed by atoms with Gasteiger partial charge in [0.25, 0.3) is 0 Å². The number of aliphatic carboxylic acids is 1. The Kier molecular flexibility index (Phi) is 6.65. The largest absolute Gasteiger partial charge is 0.491 e. The summed E-state index contributed by atoms with van der Waals surface area (Å²) in [6, 6.07) is 5.13. The summed E-state index contributed by atoms with van der Waals surface area (Å²) in [6.07, 6.45) is 0.509. The second-order valence-electron chi connectivity index (χ2n) is 5.01. The number of para-hydroxylation sites is 1. The van der Waals surface area contributed by atoms with Gasteiger partial charge in [-0.05, 0) is 24.5 Å². The third-order valence-electron chi connectivity index (χ3n) is 2.89. The molecule has 1 aromatic rings. The number of rotatable bonds is 8. The third-order valence-corrected chi connectivity index (χ3v) is 2.89. The average Bonchev–Trinajstić information content (AvgIpc) is 2.42. The van der Waals surface area contributed by atoms with Gasteiger partial charge in [-0.15, -0.1) is 0 Å². The molecule has 2 N–H and O–H groups in total. The number of carboxylic acids is 1. The van der Waals surface area contributed by atoms with Gasteiger partial charge in [0, 0.05) is 6.42 Å². The Morgan fingerprint density at radius 1 is 1.33 bits per heavy atom. The molecule has 5 nitrogen and oxygen atoms in total. The van der Waals surface area contributed by atoms with Gasteiger partial charge in [-0.1, -0.05) is 26.0 Å². The Morgan fingerprint density at radius 3 is 2.57 bits per heavy atom. The van der Waals surface area contributed by atoms with Gasteiger partial charge < -0.3 is 15.2 Å². The number of carbonyl (C=O) groups excluding carboxylic acids is 1. The van der Waals surface area contributed by atoms with E-state index < -0.39 is 17.8 Å². The van der Waals surface area contributed by atoms with Crippen LogP contribution in [0.5, 0.6) is 5.75 Å². The first-order valence-electron chi connectivity index (χ1n) is 6.81. The third kappa shape index (κ3) is 5.81. The lowest BCUT2D eigenvalue weighted by atomic mass is 10.0. The lowest BCUT2D eigenvalue weighted by molar-refractivity contribution is -0.143. The summed E-state index contributed by atoms with van der Waals surface area (Å²) >= 11 is 0. The molecule has 0 radical (unpaired) electrons. The zero-order valence-electron chi connectivity index (χ0n) is 12.1. The lowest BCUT2D eigenvalue weighted by Crippen LogP contribution is -2.44. The van der Waals surface area contributed by atoms with Gasteiger partial charge >= 0.3 is 5.97 Å². The molecule has 1 atom stereocenters. The van der Waals surface area contributed by atoms with Crippen molar-refractivity contribution in [2.75, 3.05) is 6.61 Å². The Hall–Kier alpha value is -2.11. The van der Waals surface area contributed by atoms with Gasteiger partial charge in [-0.2, -0.15) is 0 Å². The zero-order valence-corrected chi connectivity index (χ0v) is 12.1. The minimum absolute atomic E-state index is 0.130. The highest BCUT2D eigenvalue weighted by Gasteiger charge is 2.22. The summed E-state index contributed by atoms with van der Waals surface area (Å²) in [4.78, 5) is 22.6. The van der Waals surface area contributed by atoms with Gasteiger partial charge in [-0.25, -0.2) is 9.18 Å². The lowest BCUT2D eigenvalue weighted by Gasteiger charge is -2.17. The van der Waals surface area contributed by atoms with Gasteiger partial charge in [0.2, 0.25) is 5.91 Å². The molecule has 116 valence electrons. The maximum absolute atomic E-state index is 13.3. The molecule has 0 aromatic heterocycles. The van der Waals surface area contributed by atoms with E-state index in [1.807, 2.05) is 0 Å². The van der Waals surface area contributed by atoms with Crippen LogP contribution in [0.1, 0.15) is 26.7 Å². The Bertz CT molecular complexity index is 490. The number of benzene rings is 1. The number of carboxylic acid groups (broad SMARTS) is 1. The molecule has 0 aliphatic heterocycles. The maximum Gasteiger partial charge on any atom is 0.326 e. The van der Waals surface area contributed by atoms with Crippen LogP contribution in [-0.2, 0) is 9.59 Å². The number of halogens is 1. The topological polar surface area (TPSA) is 75.6 Å². The van der Waals surface area contributed by atoms with Crippen molar-refractivity contribution in [2.24, 2.45) is 5.92 Å². The van der Waals surface area contributed by atoms with Crippen LogP contribution in [0.2, 0.25) is 0 Å². The maximum atomic E-state index is 13.3. The van der Waals surface area contributed by atoms with Gasteiger partial charge in [0.05, 0.1) is 6.61 Å². The van der Waals surface area contributed by atoms with Crippen molar-refractivity contribution in [3.05, 3.63) is 30.1 Å². The SMILES string of the molecule is CC(C)[C@@H](NC(=O)CCCOc1ccccc1F)C(=O)O. The van der Waals surface area contributed by atoms with E-state index in [4.69, 9.17) is 9.84 Å². The summed E-state index contributed by atoms with van der Waals surface area (Å²) < 4.78 is 18.5. The molecule has 6 heteroatoms. The highest BCUT2D eigenvalue weighted by molar-refractivity contribution is 5.83. The fourth-order valence-electron chi connectivity index (χ4n) is 1.74. The Balaban J connectivity index is 2.31. The summed E-state index contributed by atoms with van der Waals surface area (Å²) in [5, 5.41) is 11.4. The quantitative estimate of drug-likeness (QED) is 0.721. The van der Waals surface area contributed by atoms with Gasteiger partial charge in [0.1, 0.15) is 6.04 Å². The summed E-state index contributed by atoms with van der Waals surface area (Å²) in [6.45, 7) is 3.63. The normalized spacial score (nSPS) is 12.0. The summed E-state index contributed by atoms with van der Waals surface area (Å²) in [5.74, 6) is -1.91. The smallest absolute Gasteiger partial charge is 0.326 e. The molecule has 1 aromatic carbocycles. The van der Waals surface area contributed by atoms with Crippen molar-refractivity contribution < 1.29 is 23.8 Å². The summed E-state index contributed by atoms with van der Waals surface area (Å²) in [5.41, 5.74) is 0. The predicted molar refractivity (Wildman–Crippen MR) is 75.5 cm³/mol. The molecule has 0 spiro atoms. The second-order valence-corrected chi connectivity index (χ2v) is 5.01. The minimum atomic E-state index is -1.05. The summed E-state index contributed by atoms with van der Waals surface area (Å²) in [7, 11) is 0. The minimum Gasteiger partial charge on any atom is -0.491 e. The number of carbonyl (C=O) groups is 2. The molecule has 0 unspecified atom stereocenters. The fraction of sp³-hybridized carbons (Fsp3) is 0.467. The van der Waals surface area contributed by atoms with Crippen LogP contribution >= 0.6 is 0 Å². The van der Waals surface area contributed by atoms with E-state index >= 15 is 0 Å². The van der Waals surface area contributed by atoms with Crippen LogP contribution in [-0.4, -0.2) is 29.6 Å². The zero-order chi connectivity index (χ0) is 15.8. The van der Waals surface area contributed by atoms with E-state index in [9.17, 15) is 14.0 Å². The Labute approximate surface area is 123 Å². The highest BCUT2D eigenvalue weighted by atomic mass is 19.1. The molecule has 0 heterocycles. The standard InChI is InChI=1S/C15H20FNO4/c1-10(2)14(15(19)20)17-13(18)8-5-9-21-12-7-4-3-6-11(12)16/h3-4,6-7,10,14H,5,8-9H2,1-2H3,(H,17,18)(H,19,20)/t14-/m1/s1. The van der Waals surface area contributed by atoms with Crippen molar-refractivity contribution in [1.82, 2.24) is 5.32 Å². The van der Waals surface area contributed by atoms with E-state index in [0.717, 1.165) is 0 Å². The van der Waals surface area contributed by atoms with Gasteiger partial charge in [-0.3, -0.25) is 4.79 Å². The van der Waals surface area contributed by atoms with E-state index in [0.29, 0.717) is 6.42 Å². The molecular formula is C15H20FNO4. The first-order chi connectivity index (χ1) is 9.91. The molecule has 21 heavy (non-hydrogen) atoms. The van der Waals surface area contributed by atoms with Crippen molar-refractivity contribution in [1.29, 1.82) is 0 Å². The molecule has 0 bridgehead atoms. The fourth-order valence-corrected chi connectivity index (χ4v) is 1.74. The van der Waals surface area contributed by atoms with Crippen LogP contribution < -0.4 is 10.1 Å². The first-order valence-corrected chi connectivity index (χ1v) is 6.81. The second kappa shape index (κ2) is 8.24. The highest BCUT2D eigenvalue weighted by Crippen LogP contribution is 2.15. The molecule has 0 saturated heterocycles. The number of nitrogens with one attached hydrogen (secondary N) is 1. The molecule has 0 saturated carbocycles. The van der Waals surface area contributed by atoms with E-state index in [2.05, 4.69) is 5.32 Å². The van der Waals surface area contributed by atoms with Crippen molar-refractivity contribution in [3.63, 3.8) is 0 Å². The van der Waals surface area contributed by atoms with Crippen LogP contribution in [0.15, 0.2) is 24.3 Å². The average molecular weight is 297 g/mol. The van der Waals surface area contributed by atoms with Crippen LogP contribution in [0.25, 0.3) is 0 Å². The molecule has 0 aliphatic carbocycles. The monoisotopic (exact) mass is 297 g/mol. The molecule has 0 aliphatic rings.